The fraction of sp³-hybridized carbons (Fsp3) is 0.500. The van der Waals surface area contributed by atoms with Crippen LogP contribution in [-0.4, -0.2) is 52.9 Å². The van der Waals surface area contributed by atoms with E-state index in [9.17, 15) is 4.79 Å². The highest BCUT2D eigenvalue weighted by molar-refractivity contribution is 9.10. The van der Waals surface area contributed by atoms with Crippen LogP contribution >= 0.6 is 27.7 Å². The van der Waals surface area contributed by atoms with E-state index in [0.717, 1.165) is 36.1 Å². The summed E-state index contributed by atoms with van der Waals surface area (Å²) >= 11 is 4.88. The van der Waals surface area contributed by atoms with E-state index in [1.807, 2.05) is 34.1 Å². The summed E-state index contributed by atoms with van der Waals surface area (Å²) < 4.78 is 0.987. The Morgan fingerprint density at radius 3 is 2.70 bits per heavy atom. The first-order valence-electron chi connectivity index (χ1n) is 9.18. The van der Waals surface area contributed by atoms with Gasteiger partial charge in [-0.05, 0) is 44.0 Å². The van der Waals surface area contributed by atoms with Crippen molar-refractivity contribution in [1.29, 1.82) is 5.41 Å². The first-order chi connectivity index (χ1) is 13.0. The topological polar surface area (TPSA) is 83.8 Å². The van der Waals surface area contributed by atoms with Crippen LogP contribution in [-0.2, 0) is 4.79 Å². The van der Waals surface area contributed by atoms with Crippen molar-refractivity contribution in [2.75, 3.05) is 23.7 Å². The van der Waals surface area contributed by atoms with Gasteiger partial charge in [-0.3, -0.25) is 20.5 Å². The van der Waals surface area contributed by atoms with E-state index in [0.29, 0.717) is 16.8 Å². The number of thioether (sulfide) groups is 1. The Bertz CT molecular complexity index is 764. The minimum Gasteiger partial charge on any atom is -0.342 e. The van der Waals surface area contributed by atoms with Crippen LogP contribution in [0, 0.1) is 11.3 Å². The zero-order chi connectivity index (χ0) is 19.0. The number of anilines is 1. The summed E-state index contributed by atoms with van der Waals surface area (Å²) in [5, 5.41) is 9.52. The second-order valence-electron chi connectivity index (χ2n) is 7.03. The van der Waals surface area contributed by atoms with Gasteiger partial charge in [0, 0.05) is 29.3 Å². The summed E-state index contributed by atoms with van der Waals surface area (Å²) in [7, 11) is 0. The van der Waals surface area contributed by atoms with Crippen molar-refractivity contribution >= 4 is 50.3 Å². The van der Waals surface area contributed by atoms with Gasteiger partial charge in [0.05, 0.1) is 11.7 Å². The smallest absolute Gasteiger partial charge is 0.233 e. The monoisotopic (exact) mass is 450 g/mol. The molecule has 0 aromatic heterocycles. The first kappa shape index (κ1) is 18.9. The second kappa shape index (κ2) is 7.90. The van der Waals surface area contributed by atoms with Crippen LogP contribution in [0.25, 0.3) is 0 Å². The molecule has 3 heterocycles. The van der Waals surface area contributed by atoms with E-state index in [2.05, 4.69) is 33.7 Å². The number of fused-ring (bicyclic) bond motifs is 1. The third kappa shape index (κ3) is 3.78. The zero-order valence-electron chi connectivity index (χ0n) is 15.1. The van der Waals surface area contributed by atoms with Gasteiger partial charge in [-0.25, -0.2) is 10.4 Å². The van der Waals surface area contributed by atoms with Gasteiger partial charge in [-0.15, -0.1) is 0 Å². The molecule has 1 amide bonds. The summed E-state index contributed by atoms with van der Waals surface area (Å²) in [5.74, 6) is 0.945. The highest BCUT2D eigenvalue weighted by Gasteiger charge is 2.43. The highest BCUT2D eigenvalue weighted by atomic mass is 79.9. The average molecular weight is 451 g/mol. The van der Waals surface area contributed by atoms with Gasteiger partial charge in [0.25, 0.3) is 0 Å². The predicted octanol–water partition coefficient (Wildman–Crippen LogP) is 2.40. The van der Waals surface area contributed by atoms with Crippen molar-refractivity contribution in [2.24, 2.45) is 10.9 Å². The van der Waals surface area contributed by atoms with E-state index >= 15 is 0 Å². The molecule has 3 atom stereocenters. The number of hydrogen-bond acceptors (Lipinski definition) is 6. The number of carbonyl (C=O) groups excluding carboxylic acids is 1. The quantitative estimate of drug-likeness (QED) is 0.658. The Morgan fingerprint density at radius 2 is 2.00 bits per heavy atom. The SMILES string of the molecule is CC1NNC2N=C(SCC(=O)N3CCCC3)N(c3ccc(Br)cc3)C(=N)C12. The van der Waals surface area contributed by atoms with Gasteiger partial charge >= 0.3 is 0 Å². The first-order valence-corrected chi connectivity index (χ1v) is 11.0. The Hall–Kier alpha value is -1.42. The number of likely N-dealkylation sites (tertiary alicyclic amines) is 1. The molecule has 0 radical (unpaired) electrons. The molecule has 3 aliphatic heterocycles. The van der Waals surface area contributed by atoms with Crippen LogP contribution in [0.3, 0.4) is 0 Å². The number of benzene rings is 1. The van der Waals surface area contributed by atoms with Gasteiger partial charge in [0.1, 0.15) is 12.0 Å². The molecular weight excluding hydrogens is 428 g/mol. The number of nitrogens with one attached hydrogen (secondary N) is 3. The van der Waals surface area contributed by atoms with Crippen LogP contribution in [0.2, 0.25) is 0 Å². The predicted molar refractivity (Wildman–Crippen MR) is 113 cm³/mol. The number of halogens is 1. The minimum atomic E-state index is -0.177. The zero-order valence-corrected chi connectivity index (χ0v) is 17.5. The van der Waals surface area contributed by atoms with Gasteiger partial charge in [-0.2, -0.15) is 0 Å². The molecule has 0 saturated carbocycles. The van der Waals surface area contributed by atoms with Crippen LogP contribution in [0.4, 0.5) is 5.69 Å². The number of nitrogens with zero attached hydrogens (tertiary/aromatic N) is 3. The summed E-state index contributed by atoms with van der Waals surface area (Å²) in [6, 6.07) is 7.97. The van der Waals surface area contributed by atoms with Crippen molar-refractivity contribution in [3.63, 3.8) is 0 Å². The van der Waals surface area contributed by atoms with Crippen LogP contribution < -0.4 is 15.8 Å². The van der Waals surface area contributed by atoms with E-state index < -0.39 is 0 Å². The van der Waals surface area contributed by atoms with Gasteiger partial charge in [-0.1, -0.05) is 27.7 Å². The summed E-state index contributed by atoms with van der Waals surface area (Å²) in [4.78, 5) is 21.1. The van der Waals surface area contributed by atoms with Gasteiger partial charge in [0.2, 0.25) is 5.91 Å². The average Bonchev–Trinajstić information content (AvgIpc) is 3.31. The van der Waals surface area contributed by atoms with Crippen molar-refractivity contribution < 1.29 is 4.79 Å². The molecule has 2 saturated heterocycles. The summed E-state index contributed by atoms with van der Waals surface area (Å²) in [5.41, 5.74) is 7.25. The lowest BCUT2D eigenvalue weighted by Crippen LogP contribution is -2.50. The molecule has 1 aromatic rings. The summed E-state index contributed by atoms with van der Waals surface area (Å²) in [6.07, 6.45) is 2.00. The van der Waals surface area contributed by atoms with E-state index in [1.165, 1.54) is 11.8 Å². The van der Waals surface area contributed by atoms with E-state index in [1.54, 1.807) is 0 Å². The molecule has 27 heavy (non-hydrogen) atoms. The molecule has 2 fully saturated rings. The molecule has 4 rings (SSSR count). The highest BCUT2D eigenvalue weighted by Crippen LogP contribution is 2.32. The third-order valence-electron chi connectivity index (χ3n) is 5.20. The van der Waals surface area contributed by atoms with Crippen molar-refractivity contribution in [3.8, 4) is 0 Å². The largest absolute Gasteiger partial charge is 0.342 e. The minimum absolute atomic E-state index is 0.0488. The Balaban J connectivity index is 1.58. The fourth-order valence-corrected chi connectivity index (χ4v) is 4.94. The fourth-order valence-electron chi connectivity index (χ4n) is 3.72. The molecule has 144 valence electrons. The number of amidine groups is 2. The maximum absolute atomic E-state index is 12.5. The van der Waals surface area contributed by atoms with E-state index in [4.69, 9.17) is 10.4 Å². The molecule has 1 aromatic carbocycles. The molecule has 3 N–H and O–H groups in total. The van der Waals surface area contributed by atoms with Crippen LogP contribution in [0.15, 0.2) is 33.7 Å². The van der Waals surface area contributed by atoms with Gasteiger partial charge in [0.15, 0.2) is 5.17 Å². The molecule has 0 aliphatic carbocycles. The number of aliphatic imine (C=N–C) groups is 1. The number of carbonyl (C=O) groups is 1. The van der Waals surface area contributed by atoms with Crippen molar-refractivity contribution in [1.82, 2.24) is 15.8 Å². The molecule has 3 unspecified atom stereocenters. The standard InChI is InChI=1S/C18H23BrN6OS/c1-11-15-16(20)25(13-6-4-12(19)5-7-13)18(21-17(15)23-22-11)27-10-14(26)24-8-2-3-9-24/h4-7,11,15,17,20,22-23H,2-3,8-10H2,1H3. The lowest BCUT2D eigenvalue weighted by atomic mass is 9.97. The maximum atomic E-state index is 12.5. The maximum Gasteiger partial charge on any atom is 0.233 e. The van der Waals surface area contributed by atoms with Gasteiger partial charge < -0.3 is 4.90 Å². The molecule has 0 spiro atoms. The number of hydrogen-bond donors (Lipinski definition) is 3. The molecule has 3 aliphatic rings. The third-order valence-corrected chi connectivity index (χ3v) is 6.67. The Labute approximate surface area is 171 Å². The molecular formula is C18H23BrN6OS. The molecule has 7 nitrogen and oxygen atoms in total. The molecule has 0 bridgehead atoms. The lowest BCUT2D eigenvalue weighted by molar-refractivity contribution is -0.127. The normalized spacial score (nSPS) is 27.7. The number of amides is 1. The van der Waals surface area contributed by atoms with Crippen LogP contribution in [0.5, 0.6) is 0 Å². The second-order valence-corrected chi connectivity index (χ2v) is 8.89. The Kier molecular flexibility index (Phi) is 5.54. The molecule has 9 heteroatoms. The van der Waals surface area contributed by atoms with E-state index in [-0.39, 0.29) is 24.0 Å². The number of rotatable bonds is 3. The van der Waals surface area contributed by atoms with Crippen molar-refractivity contribution in [3.05, 3.63) is 28.7 Å². The lowest BCUT2D eigenvalue weighted by Gasteiger charge is -2.36. The number of hydrazine groups is 1. The van der Waals surface area contributed by atoms with Crippen LogP contribution in [0.1, 0.15) is 19.8 Å². The Morgan fingerprint density at radius 1 is 1.30 bits per heavy atom. The summed E-state index contributed by atoms with van der Waals surface area (Å²) in [6.45, 7) is 3.76. The van der Waals surface area contributed by atoms with Crippen molar-refractivity contribution in [2.45, 2.75) is 32.0 Å².